The lowest BCUT2D eigenvalue weighted by Crippen LogP contribution is -2.21. The van der Waals surface area contributed by atoms with Crippen molar-refractivity contribution in [2.75, 3.05) is 12.4 Å². The number of esters is 1. The summed E-state index contributed by atoms with van der Waals surface area (Å²) in [6.07, 6.45) is 0. The molecule has 0 bridgehead atoms. The number of nitro groups is 1. The van der Waals surface area contributed by atoms with Crippen LogP contribution in [-0.4, -0.2) is 39.6 Å². The molecule has 0 saturated carbocycles. The molecule has 0 aliphatic rings. The van der Waals surface area contributed by atoms with Gasteiger partial charge in [-0.05, 0) is 26.3 Å². The number of nitrogens with two attached hydrogens (primary N) is 1. The Labute approximate surface area is 157 Å². The van der Waals surface area contributed by atoms with Crippen LogP contribution in [0.5, 0.6) is 0 Å². The molecule has 0 saturated heterocycles. The third-order valence-electron chi connectivity index (χ3n) is 3.83. The van der Waals surface area contributed by atoms with Crippen molar-refractivity contribution in [3.63, 3.8) is 0 Å². The Morgan fingerprint density at radius 2 is 1.96 bits per heavy atom. The number of aromatic nitrogens is 2. The van der Waals surface area contributed by atoms with Gasteiger partial charge in [0.15, 0.2) is 0 Å². The second-order valence-electron chi connectivity index (χ2n) is 5.60. The number of ether oxygens (including phenoxy) is 1. The van der Waals surface area contributed by atoms with E-state index >= 15 is 0 Å². The zero-order valence-corrected chi connectivity index (χ0v) is 15.8. The quantitative estimate of drug-likeness (QED) is 0.423. The second kappa shape index (κ2) is 7.53. The van der Waals surface area contributed by atoms with Gasteiger partial charge in [0, 0.05) is 0 Å². The minimum atomic E-state index is -0.739. The van der Waals surface area contributed by atoms with Gasteiger partial charge < -0.3 is 15.8 Å². The highest BCUT2D eigenvalue weighted by Crippen LogP contribution is 2.33. The van der Waals surface area contributed by atoms with E-state index in [0.29, 0.717) is 5.56 Å². The Kier molecular flexibility index (Phi) is 5.59. The van der Waals surface area contributed by atoms with Crippen molar-refractivity contribution < 1.29 is 24.0 Å². The first kappa shape index (κ1) is 20.0. The SMILES string of the molecule is COC(=O)c1c(NC(=O)Cn2nc(C)c([N+](=O)[O-])c2C)sc(C(N)=O)c1C. The number of carbonyl (C=O) groups excluding carboxylic acids is 3. The van der Waals surface area contributed by atoms with Gasteiger partial charge in [0.2, 0.25) is 5.91 Å². The van der Waals surface area contributed by atoms with E-state index in [-0.39, 0.29) is 39.1 Å². The molecule has 0 unspecified atom stereocenters. The summed E-state index contributed by atoms with van der Waals surface area (Å²) in [5.74, 6) is -2.05. The zero-order valence-electron chi connectivity index (χ0n) is 15.0. The maximum atomic E-state index is 12.4. The van der Waals surface area contributed by atoms with Gasteiger partial charge in [0.05, 0.1) is 22.5 Å². The minimum Gasteiger partial charge on any atom is -0.465 e. The number of carbonyl (C=O) groups is 3. The molecule has 27 heavy (non-hydrogen) atoms. The molecule has 12 heteroatoms. The third-order valence-corrected chi connectivity index (χ3v) is 5.05. The Morgan fingerprint density at radius 3 is 2.44 bits per heavy atom. The highest BCUT2D eigenvalue weighted by Gasteiger charge is 2.27. The van der Waals surface area contributed by atoms with Gasteiger partial charge in [0.25, 0.3) is 5.91 Å². The number of hydrogen-bond acceptors (Lipinski definition) is 8. The lowest BCUT2D eigenvalue weighted by molar-refractivity contribution is -0.386. The molecule has 0 aliphatic carbocycles. The number of aryl methyl sites for hydroxylation is 1. The van der Waals surface area contributed by atoms with Crippen molar-refractivity contribution >= 4 is 39.8 Å². The van der Waals surface area contributed by atoms with Crippen molar-refractivity contribution in [2.45, 2.75) is 27.3 Å². The smallest absolute Gasteiger partial charge is 0.341 e. The summed E-state index contributed by atoms with van der Waals surface area (Å²) in [6.45, 7) is 4.15. The van der Waals surface area contributed by atoms with Crippen molar-refractivity contribution in [1.82, 2.24) is 9.78 Å². The Balaban J connectivity index is 2.32. The maximum absolute atomic E-state index is 12.4. The van der Waals surface area contributed by atoms with Crippen LogP contribution in [0.1, 0.15) is 37.0 Å². The number of rotatable bonds is 6. The van der Waals surface area contributed by atoms with E-state index in [2.05, 4.69) is 15.2 Å². The number of nitrogens with zero attached hydrogens (tertiary/aromatic N) is 3. The van der Waals surface area contributed by atoms with E-state index in [1.54, 1.807) is 0 Å². The maximum Gasteiger partial charge on any atom is 0.341 e. The molecule has 0 fully saturated rings. The third kappa shape index (κ3) is 3.79. The van der Waals surface area contributed by atoms with Gasteiger partial charge in [0.1, 0.15) is 22.9 Å². The van der Waals surface area contributed by atoms with Crippen LogP contribution in [-0.2, 0) is 16.1 Å². The minimum absolute atomic E-state index is 0.0315. The first-order chi connectivity index (χ1) is 12.6. The van der Waals surface area contributed by atoms with Crippen LogP contribution >= 0.6 is 11.3 Å². The van der Waals surface area contributed by atoms with Crippen LogP contribution in [0.2, 0.25) is 0 Å². The molecule has 2 heterocycles. The van der Waals surface area contributed by atoms with Crippen LogP contribution in [0.25, 0.3) is 0 Å². The van der Waals surface area contributed by atoms with Crippen molar-refractivity contribution in [2.24, 2.45) is 5.73 Å². The Morgan fingerprint density at radius 1 is 1.33 bits per heavy atom. The van der Waals surface area contributed by atoms with E-state index in [0.717, 1.165) is 11.3 Å². The zero-order chi connectivity index (χ0) is 20.5. The van der Waals surface area contributed by atoms with Crippen molar-refractivity contribution in [3.8, 4) is 0 Å². The molecule has 0 aromatic carbocycles. The molecule has 2 rings (SSSR count). The molecule has 2 amide bonds. The molecule has 3 N–H and O–H groups in total. The summed E-state index contributed by atoms with van der Waals surface area (Å²) < 4.78 is 5.88. The highest BCUT2D eigenvalue weighted by molar-refractivity contribution is 7.18. The van der Waals surface area contributed by atoms with Crippen molar-refractivity contribution in [1.29, 1.82) is 0 Å². The average Bonchev–Trinajstić information content (AvgIpc) is 3.03. The molecule has 11 nitrogen and oxygen atoms in total. The normalized spacial score (nSPS) is 10.5. The molecule has 0 atom stereocenters. The monoisotopic (exact) mass is 395 g/mol. The van der Waals surface area contributed by atoms with Gasteiger partial charge in [-0.3, -0.25) is 24.4 Å². The fraction of sp³-hybridized carbons (Fsp3) is 0.333. The summed E-state index contributed by atoms with van der Waals surface area (Å²) in [6, 6.07) is 0. The predicted molar refractivity (Wildman–Crippen MR) is 95.9 cm³/mol. The predicted octanol–water partition coefficient (Wildman–Crippen LogP) is 1.30. The lowest BCUT2D eigenvalue weighted by Gasteiger charge is -2.07. The first-order valence-corrected chi connectivity index (χ1v) is 8.39. The largest absolute Gasteiger partial charge is 0.465 e. The van der Waals surface area contributed by atoms with Crippen LogP contribution in [0, 0.1) is 30.9 Å². The van der Waals surface area contributed by atoms with Gasteiger partial charge in [-0.25, -0.2) is 4.79 Å². The van der Waals surface area contributed by atoms with E-state index in [4.69, 9.17) is 5.73 Å². The van der Waals surface area contributed by atoms with E-state index < -0.39 is 22.7 Å². The number of nitrogens with one attached hydrogen (secondary N) is 1. The molecule has 2 aromatic rings. The molecular weight excluding hydrogens is 378 g/mol. The van der Waals surface area contributed by atoms with Gasteiger partial charge in [-0.15, -0.1) is 11.3 Å². The van der Waals surface area contributed by atoms with Gasteiger partial charge in [-0.1, -0.05) is 0 Å². The molecule has 0 spiro atoms. The topological polar surface area (TPSA) is 159 Å². The van der Waals surface area contributed by atoms with Gasteiger partial charge in [-0.2, -0.15) is 5.10 Å². The fourth-order valence-electron chi connectivity index (χ4n) is 2.59. The van der Waals surface area contributed by atoms with Crippen LogP contribution in [0.3, 0.4) is 0 Å². The average molecular weight is 395 g/mol. The first-order valence-electron chi connectivity index (χ1n) is 7.58. The fourth-order valence-corrected chi connectivity index (χ4v) is 3.66. The highest BCUT2D eigenvalue weighted by atomic mass is 32.1. The van der Waals surface area contributed by atoms with Crippen molar-refractivity contribution in [3.05, 3.63) is 37.5 Å². The van der Waals surface area contributed by atoms with Gasteiger partial charge >= 0.3 is 11.7 Å². The summed E-state index contributed by atoms with van der Waals surface area (Å²) in [7, 11) is 1.17. The standard InChI is InChI=1S/C15H17N5O6S/c1-6-10(15(23)26-4)14(27-12(6)13(16)22)17-9(21)5-19-8(3)11(20(24)25)7(2)18-19/h5H2,1-4H3,(H2,16,22)(H,17,21). The summed E-state index contributed by atoms with van der Waals surface area (Å²) in [5, 5.41) is 17.7. The molecule has 0 aliphatic heterocycles. The summed E-state index contributed by atoms with van der Waals surface area (Å²) in [4.78, 5) is 46.5. The number of hydrogen-bond donors (Lipinski definition) is 2. The lowest BCUT2D eigenvalue weighted by atomic mass is 10.1. The second-order valence-corrected chi connectivity index (χ2v) is 6.62. The Hall–Kier alpha value is -3.28. The van der Waals surface area contributed by atoms with Crippen LogP contribution in [0.15, 0.2) is 0 Å². The Bertz CT molecular complexity index is 961. The van der Waals surface area contributed by atoms with E-state index in [1.165, 1.54) is 32.6 Å². The number of methoxy groups -OCH3 is 1. The molecule has 144 valence electrons. The number of thiophene rings is 1. The van der Waals surface area contributed by atoms with Crippen LogP contribution < -0.4 is 11.1 Å². The molecular formula is C15H17N5O6S. The van der Waals surface area contributed by atoms with E-state index in [9.17, 15) is 24.5 Å². The number of primary amides is 1. The number of amides is 2. The summed E-state index contributed by atoms with van der Waals surface area (Å²) >= 11 is 0.849. The van der Waals surface area contributed by atoms with Crippen LogP contribution in [0.4, 0.5) is 10.7 Å². The molecule has 2 aromatic heterocycles. The molecule has 0 radical (unpaired) electrons. The number of anilines is 1. The summed E-state index contributed by atoms with van der Waals surface area (Å²) in [5.41, 5.74) is 5.86. The van der Waals surface area contributed by atoms with E-state index in [1.807, 2.05) is 0 Å².